The molecule has 2 nitrogen and oxygen atoms in total. The Balaban J connectivity index is 1.84. The molecule has 1 aliphatic rings. The highest BCUT2D eigenvalue weighted by Gasteiger charge is 2.16. The van der Waals surface area contributed by atoms with Crippen molar-refractivity contribution in [2.24, 2.45) is 5.92 Å². The van der Waals surface area contributed by atoms with Crippen molar-refractivity contribution >= 4 is 15.9 Å². The molecule has 0 amide bonds. The summed E-state index contributed by atoms with van der Waals surface area (Å²) in [6, 6.07) is 5.09. The van der Waals surface area contributed by atoms with Crippen LogP contribution in [0.1, 0.15) is 31.2 Å². The van der Waals surface area contributed by atoms with Gasteiger partial charge in [-0.3, -0.25) is 0 Å². The molecule has 0 spiro atoms. The van der Waals surface area contributed by atoms with Crippen molar-refractivity contribution in [3.63, 3.8) is 0 Å². The van der Waals surface area contributed by atoms with Crippen molar-refractivity contribution in [1.82, 2.24) is 5.32 Å². The van der Waals surface area contributed by atoms with Crippen LogP contribution < -0.4 is 10.1 Å². The molecule has 19 heavy (non-hydrogen) atoms. The van der Waals surface area contributed by atoms with Crippen LogP contribution in [0.15, 0.2) is 22.7 Å². The van der Waals surface area contributed by atoms with Gasteiger partial charge in [-0.25, -0.2) is 0 Å². The molecular weight excluding hydrogens is 316 g/mol. The molecule has 0 radical (unpaired) electrons. The van der Waals surface area contributed by atoms with Crippen LogP contribution in [0.4, 0.5) is 8.78 Å². The Labute approximate surface area is 120 Å². The smallest absolute Gasteiger partial charge is 0.387 e. The Morgan fingerprint density at radius 1 is 1.37 bits per heavy atom. The van der Waals surface area contributed by atoms with E-state index in [9.17, 15) is 8.78 Å². The Bertz CT molecular complexity index is 410. The van der Waals surface area contributed by atoms with Crippen molar-refractivity contribution in [2.45, 2.75) is 38.8 Å². The number of halogens is 3. The average molecular weight is 334 g/mol. The number of nitrogens with one attached hydrogen (secondary N) is 1. The van der Waals surface area contributed by atoms with Crippen LogP contribution in [-0.4, -0.2) is 13.2 Å². The Morgan fingerprint density at radius 2 is 2.16 bits per heavy atom. The number of hydrogen-bond donors (Lipinski definition) is 1. The molecule has 0 bridgehead atoms. The minimum atomic E-state index is -2.78. The molecule has 1 saturated carbocycles. The minimum Gasteiger partial charge on any atom is -0.434 e. The van der Waals surface area contributed by atoms with Gasteiger partial charge in [0.25, 0.3) is 0 Å². The third kappa shape index (κ3) is 4.73. The second-order valence-corrected chi connectivity index (χ2v) is 5.81. The summed E-state index contributed by atoms with van der Waals surface area (Å²) in [7, 11) is 0. The van der Waals surface area contributed by atoms with Gasteiger partial charge in [-0.1, -0.05) is 35.2 Å². The Morgan fingerprint density at radius 3 is 2.79 bits per heavy atom. The van der Waals surface area contributed by atoms with Crippen LogP contribution in [0.3, 0.4) is 0 Å². The largest absolute Gasteiger partial charge is 0.434 e. The van der Waals surface area contributed by atoms with Crippen LogP contribution in [-0.2, 0) is 6.54 Å². The first-order valence-electron chi connectivity index (χ1n) is 6.59. The van der Waals surface area contributed by atoms with Gasteiger partial charge in [-0.2, -0.15) is 8.78 Å². The molecule has 5 heteroatoms. The van der Waals surface area contributed by atoms with E-state index in [0.717, 1.165) is 22.5 Å². The molecule has 1 fully saturated rings. The van der Waals surface area contributed by atoms with E-state index in [1.807, 2.05) is 6.07 Å². The predicted octanol–water partition coefficient (Wildman–Crippen LogP) is 4.33. The third-order valence-corrected chi connectivity index (χ3v) is 4.00. The first kappa shape index (κ1) is 14.7. The number of rotatable bonds is 7. The van der Waals surface area contributed by atoms with E-state index in [0.29, 0.717) is 6.54 Å². The fourth-order valence-corrected chi connectivity index (χ4v) is 2.62. The molecule has 1 aromatic rings. The summed E-state index contributed by atoms with van der Waals surface area (Å²) in [5.41, 5.74) is 0.753. The summed E-state index contributed by atoms with van der Waals surface area (Å²) in [6.45, 7) is -1.31. The Kier molecular flexibility index (Phi) is 5.58. The van der Waals surface area contributed by atoms with Gasteiger partial charge >= 0.3 is 6.61 Å². The summed E-state index contributed by atoms with van der Waals surface area (Å²) in [4.78, 5) is 0. The molecule has 106 valence electrons. The van der Waals surface area contributed by atoms with Crippen LogP contribution in [0.2, 0.25) is 0 Å². The molecule has 0 aliphatic heterocycles. The maximum absolute atomic E-state index is 12.3. The minimum absolute atomic E-state index is 0.245. The van der Waals surface area contributed by atoms with Gasteiger partial charge in [0.1, 0.15) is 5.75 Å². The zero-order valence-corrected chi connectivity index (χ0v) is 12.3. The third-order valence-electron chi connectivity index (χ3n) is 3.51. The van der Waals surface area contributed by atoms with E-state index < -0.39 is 6.61 Å². The van der Waals surface area contributed by atoms with E-state index in [-0.39, 0.29) is 5.75 Å². The lowest BCUT2D eigenvalue weighted by atomic mass is 9.83. The number of benzene rings is 1. The standard InChI is InChI=1S/C14H18BrF2NO/c15-12-4-5-13(19-14(16)17)11(8-12)9-18-7-6-10-2-1-3-10/h4-5,8,10,14,18H,1-3,6-7,9H2. The molecule has 1 N–H and O–H groups in total. The van der Waals surface area contributed by atoms with Gasteiger partial charge < -0.3 is 10.1 Å². The van der Waals surface area contributed by atoms with Gasteiger partial charge in [0.15, 0.2) is 0 Å². The van der Waals surface area contributed by atoms with E-state index in [2.05, 4.69) is 26.0 Å². The van der Waals surface area contributed by atoms with Gasteiger partial charge in [-0.05, 0) is 37.1 Å². The molecule has 0 unspecified atom stereocenters. The molecule has 2 rings (SSSR count). The predicted molar refractivity (Wildman–Crippen MR) is 74.4 cm³/mol. The Hall–Kier alpha value is -0.680. The second-order valence-electron chi connectivity index (χ2n) is 4.89. The van der Waals surface area contributed by atoms with Crippen LogP contribution in [0, 0.1) is 5.92 Å². The summed E-state index contributed by atoms with van der Waals surface area (Å²) in [5, 5.41) is 3.30. The van der Waals surface area contributed by atoms with Gasteiger partial charge in [-0.15, -0.1) is 0 Å². The van der Waals surface area contributed by atoms with Crippen LogP contribution >= 0.6 is 15.9 Å². The van der Waals surface area contributed by atoms with E-state index >= 15 is 0 Å². The average Bonchev–Trinajstić information content (AvgIpc) is 2.29. The highest BCUT2D eigenvalue weighted by atomic mass is 79.9. The molecule has 1 aliphatic carbocycles. The first-order chi connectivity index (χ1) is 9.15. The zero-order valence-electron chi connectivity index (χ0n) is 10.7. The highest BCUT2D eigenvalue weighted by Crippen LogP contribution is 2.29. The lowest BCUT2D eigenvalue weighted by Crippen LogP contribution is -2.21. The summed E-state index contributed by atoms with van der Waals surface area (Å²) >= 11 is 3.34. The maximum Gasteiger partial charge on any atom is 0.387 e. The zero-order chi connectivity index (χ0) is 13.7. The van der Waals surface area contributed by atoms with E-state index in [1.165, 1.54) is 25.7 Å². The molecule has 0 aromatic heterocycles. The van der Waals surface area contributed by atoms with E-state index in [4.69, 9.17) is 0 Å². The van der Waals surface area contributed by atoms with Gasteiger partial charge in [0, 0.05) is 16.6 Å². The number of alkyl halides is 2. The van der Waals surface area contributed by atoms with Crippen molar-refractivity contribution in [3.05, 3.63) is 28.2 Å². The highest BCUT2D eigenvalue weighted by molar-refractivity contribution is 9.10. The SMILES string of the molecule is FC(F)Oc1ccc(Br)cc1CNCCC1CCC1. The molecular formula is C14H18BrF2NO. The quantitative estimate of drug-likeness (QED) is 0.750. The fourth-order valence-electron chi connectivity index (χ4n) is 2.21. The van der Waals surface area contributed by atoms with Crippen LogP contribution in [0.5, 0.6) is 5.75 Å². The summed E-state index contributed by atoms with van der Waals surface area (Å²) < 4.78 is 30.0. The number of ether oxygens (including phenoxy) is 1. The molecule has 1 aromatic carbocycles. The fraction of sp³-hybridized carbons (Fsp3) is 0.571. The van der Waals surface area contributed by atoms with Gasteiger partial charge in [0.2, 0.25) is 0 Å². The van der Waals surface area contributed by atoms with Crippen molar-refractivity contribution < 1.29 is 13.5 Å². The van der Waals surface area contributed by atoms with Crippen LogP contribution in [0.25, 0.3) is 0 Å². The van der Waals surface area contributed by atoms with Gasteiger partial charge in [0.05, 0.1) is 0 Å². The summed E-state index contributed by atoms with van der Waals surface area (Å²) in [5.74, 6) is 1.10. The lowest BCUT2D eigenvalue weighted by Gasteiger charge is -2.25. The van der Waals surface area contributed by atoms with Crippen molar-refractivity contribution in [2.75, 3.05) is 6.54 Å². The second kappa shape index (κ2) is 7.20. The molecule has 0 saturated heterocycles. The first-order valence-corrected chi connectivity index (χ1v) is 7.38. The topological polar surface area (TPSA) is 21.3 Å². The monoisotopic (exact) mass is 333 g/mol. The normalized spacial score (nSPS) is 15.6. The maximum atomic E-state index is 12.3. The van der Waals surface area contributed by atoms with Crippen molar-refractivity contribution in [1.29, 1.82) is 0 Å². The summed E-state index contributed by atoms with van der Waals surface area (Å²) in [6.07, 6.45) is 5.18. The number of hydrogen-bond acceptors (Lipinski definition) is 2. The van der Waals surface area contributed by atoms with E-state index in [1.54, 1.807) is 12.1 Å². The molecule has 0 heterocycles. The lowest BCUT2D eigenvalue weighted by molar-refractivity contribution is -0.0505. The van der Waals surface area contributed by atoms with Crippen molar-refractivity contribution in [3.8, 4) is 5.75 Å². The molecule has 0 atom stereocenters.